The minimum atomic E-state index is -0.706. The molecule has 0 saturated heterocycles. The normalized spacial score (nSPS) is 22.8. The van der Waals surface area contributed by atoms with Crippen LogP contribution in [0.4, 0.5) is 0 Å². The van der Waals surface area contributed by atoms with Crippen molar-refractivity contribution in [2.45, 2.75) is 101 Å². The first-order chi connectivity index (χ1) is 14.8. The molecule has 0 fully saturated rings. The molecule has 180 valence electrons. The highest BCUT2D eigenvalue weighted by Gasteiger charge is 2.32. The van der Waals surface area contributed by atoms with Crippen molar-refractivity contribution >= 4 is 5.97 Å². The van der Waals surface area contributed by atoms with E-state index in [9.17, 15) is 9.90 Å². The summed E-state index contributed by atoms with van der Waals surface area (Å²) in [5, 5.41) is 17.7. The van der Waals surface area contributed by atoms with Gasteiger partial charge in [-0.1, -0.05) is 80.0 Å². The lowest BCUT2D eigenvalue weighted by molar-refractivity contribution is -0.141. The van der Waals surface area contributed by atoms with Crippen molar-refractivity contribution in [1.29, 1.82) is 0 Å². The predicted octanol–water partition coefficient (Wildman–Crippen LogP) is 7.36. The molecule has 0 aliphatic heterocycles. The van der Waals surface area contributed by atoms with Crippen LogP contribution in [0.25, 0.3) is 0 Å². The highest BCUT2D eigenvalue weighted by atomic mass is 16.4. The van der Waals surface area contributed by atoms with Crippen molar-refractivity contribution in [2.24, 2.45) is 23.7 Å². The van der Waals surface area contributed by atoms with E-state index >= 15 is 0 Å². The van der Waals surface area contributed by atoms with Gasteiger partial charge in [0, 0.05) is 0 Å². The van der Waals surface area contributed by atoms with Gasteiger partial charge in [0.15, 0.2) is 0 Å². The molecule has 2 rings (SSSR count). The molecule has 0 aromatic rings. The maximum Gasteiger partial charge on any atom is 0.306 e. The Morgan fingerprint density at radius 3 is 1.94 bits per heavy atom. The fraction of sp³-hybridized carbons (Fsp3) is 0.679. The highest BCUT2D eigenvalue weighted by molar-refractivity contribution is 5.69. The molecule has 1 unspecified atom stereocenters. The van der Waals surface area contributed by atoms with Crippen LogP contribution in [-0.4, -0.2) is 22.3 Å². The van der Waals surface area contributed by atoms with Gasteiger partial charge in [0.05, 0.1) is 12.0 Å². The van der Waals surface area contributed by atoms with Crippen LogP contribution in [-0.2, 0) is 4.79 Å². The number of aliphatic hydroxyl groups is 1. The number of allylic oxidation sites excluding steroid dienone is 3. The van der Waals surface area contributed by atoms with E-state index in [4.69, 9.17) is 5.11 Å². The van der Waals surface area contributed by atoms with Crippen LogP contribution in [0.2, 0.25) is 0 Å². The zero-order chi connectivity index (χ0) is 25.4. The Bertz CT molecular complexity index is 540. The van der Waals surface area contributed by atoms with Crippen molar-refractivity contribution in [1.82, 2.24) is 0 Å². The quantitative estimate of drug-likeness (QED) is 0.456. The number of rotatable bonds is 3. The van der Waals surface area contributed by atoms with Gasteiger partial charge in [-0.15, -0.1) is 24.7 Å². The smallest absolute Gasteiger partial charge is 0.306 e. The molecule has 3 nitrogen and oxygen atoms in total. The lowest BCUT2D eigenvalue weighted by Gasteiger charge is -2.37. The van der Waals surface area contributed by atoms with Crippen molar-refractivity contribution in [3.63, 3.8) is 0 Å². The molecule has 0 spiro atoms. The van der Waals surface area contributed by atoms with Crippen LogP contribution >= 0.6 is 0 Å². The lowest BCUT2D eigenvalue weighted by atomic mass is 9.68. The first-order valence-corrected chi connectivity index (χ1v) is 11.8. The van der Waals surface area contributed by atoms with Crippen LogP contribution in [0.1, 0.15) is 94.9 Å². The standard InChI is InChI=1S/C13H20O.C5H10O2.C4H6.2C2H6.C2H2/c1-3-12-9(2)4-5-10-8-11(14)6-7-13(10)12;1-3-4(2)5(6)7;1-3-4-2;3*1-2/h4-5,8-9,11-14H,3,6-7H2,1-2H3;4H,3H2,1-2H3,(H,6,7);1-2H3;2*1-2H3;1-2H/t9-,11?,12-,13-;4-;;;;/m00..../s1. The molecule has 0 bridgehead atoms. The molecule has 0 saturated carbocycles. The number of aliphatic carboxylic acids is 1. The second-order valence-corrected chi connectivity index (χ2v) is 6.86. The summed E-state index contributed by atoms with van der Waals surface area (Å²) in [5.41, 5.74) is 1.38. The summed E-state index contributed by atoms with van der Waals surface area (Å²) in [5.74, 6) is 6.68. The largest absolute Gasteiger partial charge is 0.481 e. The summed E-state index contributed by atoms with van der Waals surface area (Å²) in [6, 6.07) is 0. The zero-order valence-corrected chi connectivity index (χ0v) is 21.9. The highest BCUT2D eigenvalue weighted by Crippen LogP contribution is 2.41. The van der Waals surface area contributed by atoms with E-state index in [2.05, 4.69) is 56.8 Å². The first kappa shape index (κ1) is 36.4. The summed E-state index contributed by atoms with van der Waals surface area (Å²) >= 11 is 0. The third-order valence-electron chi connectivity index (χ3n) is 5.13. The molecule has 31 heavy (non-hydrogen) atoms. The monoisotopic (exact) mass is 434 g/mol. The zero-order valence-electron chi connectivity index (χ0n) is 21.9. The molecule has 0 amide bonds. The Morgan fingerprint density at radius 2 is 1.61 bits per heavy atom. The summed E-state index contributed by atoms with van der Waals surface area (Å²) in [6.45, 7) is 19.8. The first-order valence-electron chi connectivity index (χ1n) is 11.8. The lowest BCUT2D eigenvalue weighted by Crippen LogP contribution is -2.29. The molecule has 0 radical (unpaired) electrons. The number of hydrogen-bond acceptors (Lipinski definition) is 2. The molecule has 5 atom stereocenters. The average molecular weight is 435 g/mol. The van der Waals surface area contributed by atoms with E-state index in [1.165, 1.54) is 18.4 Å². The summed E-state index contributed by atoms with van der Waals surface area (Å²) in [6.07, 6.45) is 18.5. The molecule has 2 aliphatic carbocycles. The maximum atomic E-state index is 9.93. The van der Waals surface area contributed by atoms with Gasteiger partial charge in [-0.25, -0.2) is 0 Å². The van der Waals surface area contributed by atoms with Gasteiger partial charge in [-0.05, 0) is 56.4 Å². The third-order valence-corrected chi connectivity index (χ3v) is 5.13. The molecule has 2 N–H and O–H groups in total. The molecular formula is C28H50O3. The van der Waals surface area contributed by atoms with Gasteiger partial charge in [0.1, 0.15) is 0 Å². The van der Waals surface area contributed by atoms with Crippen LogP contribution in [0.3, 0.4) is 0 Å². The van der Waals surface area contributed by atoms with Gasteiger partial charge >= 0.3 is 5.97 Å². The Labute approximate surface area is 194 Å². The molecule has 2 aliphatic rings. The Hall–Kier alpha value is -1.97. The average Bonchev–Trinajstić information content (AvgIpc) is 2.83. The van der Waals surface area contributed by atoms with Crippen molar-refractivity contribution < 1.29 is 15.0 Å². The molecule has 0 heterocycles. The summed E-state index contributed by atoms with van der Waals surface area (Å²) in [7, 11) is 0. The van der Waals surface area contributed by atoms with Gasteiger partial charge in [0.25, 0.3) is 0 Å². The van der Waals surface area contributed by atoms with Crippen LogP contribution < -0.4 is 0 Å². The molecule has 3 heteroatoms. The van der Waals surface area contributed by atoms with Crippen molar-refractivity contribution in [3.8, 4) is 24.7 Å². The number of carbonyl (C=O) groups is 1. The topological polar surface area (TPSA) is 57.5 Å². The minimum absolute atomic E-state index is 0.181. The number of aliphatic hydroxyl groups excluding tert-OH is 1. The van der Waals surface area contributed by atoms with Crippen molar-refractivity contribution in [2.75, 3.05) is 0 Å². The van der Waals surface area contributed by atoms with Crippen molar-refractivity contribution in [3.05, 3.63) is 23.8 Å². The van der Waals surface area contributed by atoms with Crippen LogP contribution in [0.15, 0.2) is 23.8 Å². The third kappa shape index (κ3) is 17.4. The summed E-state index contributed by atoms with van der Waals surface area (Å²) < 4.78 is 0. The fourth-order valence-electron chi connectivity index (χ4n) is 3.19. The Balaban J connectivity index is -0.000000182. The van der Waals surface area contributed by atoms with Crippen LogP contribution in [0, 0.1) is 48.4 Å². The minimum Gasteiger partial charge on any atom is -0.481 e. The summed E-state index contributed by atoms with van der Waals surface area (Å²) in [4.78, 5) is 9.93. The second-order valence-electron chi connectivity index (χ2n) is 6.86. The van der Waals surface area contributed by atoms with E-state index in [0.717, 1.165) is 18.8 Å². The SMILES string of the molecule is C#C.CC.CC.CC#CC.CC[C@H](C)C(=O)O.CC[C@H]1[C@@H](C)C=CC2=CC(O)CC[C@@H]21. The number of fused-ring (bicyclic) bond motifs is 1. The van der Waals surface area contributed by atoms with E-state index < -0.39 is 5.97 Å². The molecular weight excluding hydrogens is 384 g/mol. The van der Waals surface area contributed by atoms with Gasteiger partial charge < -0.3 is 10.2 Å². The van der Waals surface area contributed by atoms with E-state index in [-0.39, 0.29) is 12.0 Å². The van der Waals surface area contributed by atoms with E-state index in [1.54, 1.807) is 6.92 Å². The fourth-order valence-corrected chi connectivity index (χ4v) is 3.19. The maximum absolute atomic E-state index is 9.93. The number of hydrogen-bond donors (Lipinski definition) is 2. The Kier molecular flexibility index (Phi) is 30.6. The van der Waals surface area contributed by atoms with Gasteiger partial charge in [-0.3, -0.25) is 4.79 Å². The van der Waals surface area contributed by atoms with E-state index in [0.29, 0.717) is 11.8 Å². The number of terminal acetylenes is 1. The van der Waals surface area contributed by atoms with Gasteiger partial charge in [0.2, 0.25) is 0 Å². The second kappa shape index (κ2) is 26.1. The molecule has 0 aromatic carbocycles. The van der Waals surface area contributed by atoms with E-state index in [1.807, 2.05) is 48.5 Å². The van der Waals surface area contributed by atoms with Gasteiger partial charge in [-0.2, -0.15) is 0 Å². The Morgan fingerprint density at radius 1 is 1.13 bits per heavy atom. The number of carboxylic acids is 1. The van der Waals surface area contributed by atoms with Crippen LogP contribution in [0.5, 0.6) is 0 Å². The number of carboxylic acid groups (broad SMARTS) is 1. The molecule has 0 aromatic heterocycles. The predicted molar refractivity (Wildman–Crippen MR) is 138 cm³/mol.